The highest BCUT2D eigenvalue weighted by Crippen LogP contribution is 1.99. The zero-order valence-corrected chi connectivity index (χ0v) is 5.91. The highest BCUT2D eigenvalue weighted by Gasteiger charge is 1.82. The molecule has 0 atom stereocenters. The number of hydrogen-bond acceptors (Lipinski definition) is 2. The first-order valence-corrected chi connectivity index (χ1v) is 3.89. The van der Waals surface area contributed by atoms with Gasteiger partial charge in [-0.25, -0.2) is 0 Å². The molecule has 2 N–H and O–H groups in total. The lowest BCUT2D eigenvalue weighted by molar-refractivity contribution is 0.824. The van der Waals surface area contributed by atoms with E-state index in [1.807, 2.05) is 6.08 Å². The van der Waals surface area contributed by atoms with Crippen LogP contribution in [0.4, 0.5) is 0 Å². The lowest BCUT2D eigenvalue weighted by atomic mass is 10.2. The summed E-state index contributed by atoms with van der Waals surface area (Å²) in [5.74, 6) is 1.08. The first-order chi connectivity index (χ1) is 3.91. The smallest absolute Gasteiger partial charge is 0.00765 e. The van der Waals surface area contributed by atoms with Gasteiger partial charge in [0.1, 0.15) is 0 Å². The third-order valence-electron chi connectivity index (χ3n) is 0.920. The second-order valence-electron chi connectivity index (χ2n) is 1.66. The van der Waals surface area contributed by atoms with E-state index in [4.69, 9.17) is 5.14 Å². The van der Waals surface area contributed by atoms with Crippen LogP contribution in [-0.2, 0) is 0 Å². The van der Waals surface area contributed by atoms with Crippen LogP contribution in [0, 0.1) is 0 Å². The van der Waals surface area contributed by atoms with Gasteiger partial charge in [-0.05, 0) is 19.3 Å². The van der Waals surface area contributed by atoms with Crippen molar-refractivity contribution in [2.24, 2.45) is 5.14 Å². The lowest BCUT2D eigenvalue weighted by Gasteiger charge is -1.91. The fourth-order valence-electron chi connectivity index (χ4n) is 0.474. The average Bonchev–Trinajstić information content (AvgIpc) is 1.81. The maximum atomic E-state index is 5.20. The Balaban J connectivity index is 2.62. The second-order valence-corrected chi connectivity index (χ2v) is 2.40. The van der Waals surface area contributed by atoms with Crippen LogP contribution in [-0.4, -0.2) is 5.75 Å². The van der Waals surface area contributed by atoms with E-state index in [9.17, 15) is 0 Å². The molecule has 0 fully saturated rings. The van der Waals surface area contributed by atoms with Crippen molar-refractivity contribution in [1.82, 2.24) is 0 Å². The Hall–Kier alpha value is 0.0500. The quantitative estimate of drug-likeness (QED) is 0.350. The van der Waals surface area contributed by atoms with Crippen molar-refractivity contribution in [2.45, 2.75) is 19.3 Å². The van der Waals surface area contributed by atoms with Gasteiger partial charge in [-0.1, -0.05) is 18.0 Å². The Morgan fingerprint density at radius 1 is 1.50 bits per heavy atom. The predicted octanol–water partition coefficient (Wildman–Crippen LogP) is 1.95. The van der Waals surface area contributed by atoms with Crippen LogP contribution in [0.3, 0.4) is 0 Å². The van der Waals surface area contributed by atoms with Crippen molar-refractivity contribution < 1.29 is 0 Å². The van der Waals surface area contributed by atoms with E-state index in [0.717, 1.165) is 12.2 Å². The molecule has 0 saturated carbocycles. The Morgan fingerprint density at radius 2 is 2.25 bits per heavy atom. The van der Waals surface area contributed by atoms with Gasteiger partial charge >= 0.3 is 0 Å². The molecule has 0 aromatic carbocycles. The number of unbranched alkanes of at least 4 members (excludes halogenated alkanes) is 2. The van der Waals surface area contributed by atoms with Crippen LogP contribution in [0.1, 0.15) is 19.3 Å². The summed E-state index contributed by atoms with van der Waals surface area (Å²) < 4.78 is 0. The zero-order chi connectivity index (χ0) is 6.24. The summed E-state index contributed by atoms with van der Waals surface area (Å²) in [6, 6.07) is 0. The van der Waals surface area contributed by atoms with Gasteiger partial charge in [0.05, 0.1) is 0 Å². The van der Waals surface area contributed by atoms with Crippen LogP contribution in [0.15, 0.2) is 12.7 Å². The lowest BCUT2D eigenvalue weighted by Crippen LogP contribution is -1.84. The minimum absolute atomic E-state index is 1.08. The van der Waals surface area contributed by atoms with Crippen LogP contribution >= 0.6 is 11.9 Å². The minimum atomic E-state index is 1.08. The molecule has 0 aliphatic rings. The van der Waals surface area contributed by atoms with E-state index in [1.54, 1.807) is 0 Å². The Morgan fingerprint density at radius 3 is 2.75 bits per heavy atom. The van der Waals surface area contributed by atoms with E-state index in [-0.39, 0.29) is 0 Å². The maximum Gasteiger partial charge on any atom is 0.00765 e. The molecule has 1 nitrogen and oxygen atoms in total. The van der Waals surface area contributed by atoms with Crippen LogP contribution in [0.2, 0.25) is 0 Å². The summed E-state index contributed by atoms with van der Waals surface area (Å²) >= 11 is 1.42. The summed E-state index contributed by atoms with van der Waals surface area (Å²) in [5.41, 5.74) is 0. The Kier molecular flexibility index (Phi) is 7.09. The number of hydrogen-bond donors (Lipinski definition) is 1. The van der Waals surface area contributed by atoms with Gasteiger partial charge in [-0.15, -0.1) is 6.58 Å². The first kappa shape index (κ1) is 8.05. The third-order valence-corrected chi connectivity index (χ3v) is 1.44. The van der Waals surface area contributed by atoms with Crippen molar-refractivity contribution in [1.29, 1.82) is 0 Å². The van der Waals surface area contributed by atoms with Gasteiger partial charge in [-0.2, -0.15) is 0 Å². The average molecular weight is 131 g/mol. The van der Waals surface area contributed by atoms with Gasteiger partial charge < -0.3 is 0 Å². The van der Waals surface area contributed by atoms with Crippen molar-refractivity contribution in [2.75, 3.05) is 5.75 Å². The topological polar surface area (TPSA) is 26.0 Å². The van der Waals surface area contributed by atoms with Crippen molar-refractivity contribution in [3.8, 4) is 0 Å². The molecule has 0 aromatic heterocycles. The van der Waals surface area contributed by atoms with Crippen molar-refractivity contribution in [3.05, 3.63) is 12.7 Å². The Labute approximate surface area is 55.5 Å². The van der Waals surface area contributed by atoms with E-state index in [0.29, 0.717) is 0 Å². The summed E-state index contributed by atoms with van der Waals surface area (Å²) in [6.45, 7) is 3.62. The molecule has 0 amide bonds. The molecule has 2 heteroatoms. The highest BCUT2D eigenvalue weighted by atomic mass is 32.2. The number of allylic oxidation sites excluding steroid dienone is 1. The molecule has 0 bridgehead atoms. The first-order valence-electron chi connectivity index (χ1n) is 2.84. The molecule has 0 aromatic rings. The fourth-order valence-corrected chi connectivity index (χ4v) is 0.845. The summed E-state index contributed by atoms with van der Waals surface area (Å²) in [4.78, 5) is 0. The zero-order valence-electron chi connectivity index (χ0n) is 5.10. The van der Waals surface area contributed by atoms with E-state index in [2.05, 4.69) is 6.58 Å². The maximum absolute atomic E-state index is 5.20. The fraction of sp³-hybridized carbons (Fsp3) is 0.667. The standard InChI is InChI=1S/C6H13NS/c1-2-3-4-5-6-8-7/h2H,1,3-7H2. The molecule has 0 radical (unpaired) electrons. The van der Waals surface area contributed by atoms with Crippen LogP contribution in [0.5, 0.6) is 0 Å². The van der Waals surface area contributed by atoms with E-state index >= 15 is 0 Å². The van der Waals surface area contributed by atoms with Crippen LogP contribution < -0.4 is 5.14 Å². The van der Waals surface area contributed by atoms with Gasteiger partial charge in [0.25, 0.3) is 0 Å². The van der Waals surface area contributed by atoms with Gasteiger partial charge in [0, 0.05) is 5.75 Å². The molecular weight excluding hydrogens is 118 g/mol. The van der Waals surface area contributed by atoms with E-state index in [1.165, 1.54) is 24.8 Å². The van der Waals surface area contributed by atoms with E-state index < -0.39 is 0 Å². The summed E-state index contributed by atoms with van der Waals surface area (Å²) in [5, 5.41) is 5.20. The van der Waals surface area contributed by atoms with Gasteiger partial charge in [0.2, 0.25) is 0 Å². The molecule has 0 aliphatic heterocycles. The molecule has 0 aliphatic carbocycles. The highest BCUT2D eigenvalue weighted by molar-refractivity contribution is 7.97. The molecule has 0 unspecified atom stereocenters. The molecule has 0 spiro atoms. The monoisotopic (exact) mass is 131 g/mol. The number of rotatable bonds is 5. The van der Waals surface area contributed by atoms with Crippen molar-refractivity contribution in [3.63, 3.8) is 0 Å². The summed E-state index contributed by atoms with van der Waals surface area (Å²) in [6.07, 6.45) is 5.52. The normalized spacial score (nSPS) is 9.12. The largest absolute Gasteiger partial charge is 0.278 e. The minimum Gasteiger partial charge on any atom is -0.278 e. The molecule has 0 rings (SSSR count). The van der Waals surface area contributed by atoms with Gasteiger partial charge in [0.15, 0.2) is 0 Å². The van der Waals surface area contributed by atoms with Crippen LogP contribution in [0.25, 0.3) is 0 Å². The molecule has 0 saturated heterocycles. The number of nitrogens with two attached hydrogens (primary N) is 1. The van der Waals surface area contributed by atoms with Gasteiger partial charge in [-0.3, -0.25) is 5.14 Å². The molecule has 48 valence electrons. The SMILES string of the molecule is C=CCCCCSN. The Bertz CT molecular complexity index is 54.5. The predicted molar refractivity (Wildman–Crippen MR) is 40.7 cm³/mol. The second kappa shape index (κ2) is 7.05. The molecular formula is C6H13NS. The third kappa shape index (κ3) is 6.05. The molecule has 0 heterocycles. The molecule has 8 heavy (non-hydrogen) atoms. The summed E-state index contributed by atoms with van der Waals surface area (Å²) in [7, 11) is 0. The van der Waals surface area contributed by atoms with Crippen molar-refractivity contribution >= 4 is 11.9 Å².